The van der Waals surface area contributed by atoms with E-state index in [-0.39, 0.29) is 5.91 Å². The largest absolute Gasteiger partial charge is 0.457 e. The second kappa shape index (κ2) is 8.78. The molecule has 3 aromatic carbocycles. The molecule has 0 fully saturated rings. The summed E-state index contributed by atoms with van der Waals surface area (Å²) in [6.07, 6.45) is 3.14. The zero-order valence-electron chi connectivity index (χ0n) is 17.2. The molecule has 0 radical (unpaired) electrons. The van der Waals surface area contributed by atoms with E-state index in [1.807, 2.05) is 91.0 Å². The highest BCUT2D eigenvalue weighted by molar-refractivity contribution is 5.91. The summed E-state index contributed by atoms with van der Waals surface area (Å²) in [6.45, 7) is 0.421. The van der Waals surface area contributed by atoms with Crippen molar-refractivity contribution in [2.45, 2.75) is 6.54 Å². The van der Waals surface area contributed by atoms with Gasteiger partial charge >= 0.3 is 0 Å². The minimum Gasteiger partial charge on any atom is -0.457 e. The Morgan fingerprint density at radius 3 is 2.41 bits per heavy atom. The normalized spacial score (nSPS) is 11.2. The third-order valence-corrected chi connectivity index (χ3v) is 5.05. The molecule has 156 valence electrons. The van der Waals surface area contributed by atoms with E-state index in [4.69, 9.17) is 8.83 Å². The van der Waals surface area contributed by atoms with Gasteiger partial charge in [-0.2, -0.15) is 0 Å². The van der Waals surface area contributed by atoms with Crippen LogP contribution in [-0.2, 0) is 11.3 Å². The van der Waals surface area contributed by atoms with Crippen molar-refractivity contribution in [3.8, 4) is 22.8 Å². The number of nitrogens with zero attached hydrogens (tertiary/aromatic N) is 1. The van der Waals surface area contributed by atoms with Crippen LogP contribution in [-0.4, -0.2) is 10.9 Å². The lowest BCUT2D eigenvalue weighted by atomic mass is 10.1. The number of hydrogen-bond acceptors (Lipinski definition) is 4. The summed E-state index contributed by atoms with van der Waals surface area (Å²) in [7, 11) is 0. The predicted molar refractivity (Wildman–Crippen MR) is 124 cm³/mol. The number of nitrogens with one attached hydrogen (secondary N) is 1. The van der Waals surface area contributed by atoms with E-state index in [1.54, 1.807) is 6.08 Å². The molecule has 0 unspecified atom stereocenters. The van der Waals surface area contributed by atoms with Crippen LogP contribution in [0.4, 0.5) is 0 Å². The van der Waals surface area contributed by atoms with Crippen LogP contribution in [0.2, 0.25) is 0 Å². The van der Waals surface area contributed by atoms with Crippen molar-refractivity contribution in [2.24, 2.45) is 0 Å². The van der Waals surface area contributed by atoms with Gasteiger partial charge in [-0.3, -0.25) is 4.79 Å². The lowest BCUT2D eigenvalue weighted by Crippen LogP contribution is -2.20. The third-order valence-electron chi connectivity index (χ3n) is 5.05. The Morgan fingerprint density at radius 2 is 1.59 bits per heavy atom. The molecule has 0 atom stereocenters. The first-order chi connectivity index (χ1) is 15.7. The van der Waals surface area contributed by atoms with Gasteiger partial charge in [0.1, 0.15) is 17.0 Å². The van der Waals surface area contributed by atoms with Crippen molar-refractivity contribution < 1.29 is 13.6 Å². The molecule has 1 N–H and O–H groups in total. The van der Waals surface area contributed by atoms with Crippen molar-refractivity contribution >= 4 is 23.1 Å². The average molecular weight is 420 g/mol. The van der Waals surface area contributed by atoms with Crippen LogP contribution in [0.3, 0.4) is 0 Å². The molecule has 0 bridgehead atoms. The van der Waals surface area contributed by atoms with Crippen LogP contribution >= 0.6 is 0 Å². The molecule has 1 amide bonds. The second-order valence-corrected chi connectivity index (χ2v) is 7.30. The summed E-state index contributed by atoms with van der Waals surface area (Å²) in [5, 5.41) is 2.88. The number of hydrogen-bond donors (Lipinski definition) is 1. The number of fused-ring (bicyclic) bond motifs is 1. The first-order valence-electron chi connectivity index (χ1n) is 10.3. The fourth-order valence-electron chi connectivity index (χ4n) is 3.37. The Hall–Kier alpha value is -4.38. The second-order valence-electron chi connectivity index (χ2n) is 7.30. The van der Waals surface area contributed by atoms with E-state index < -0.39 is 0 Å². The van der Waals surface area contributed by atoms with Gasteiger partial charge in [-0.15, -0.1) is 0 Å². The lowest BCUT2D eigenvalue weighted by molar-refractivity contribution is -0.116. The molecular formula is C27H20N2O3. The van der Waals surface area contributed by atoms with E-state index >= 15 is 0 Å². The predicted octanol–water partition coefficient (Wildman–Crippen LogP) is 6.08. The Morgan fingerprint density at radius 1 is 0.812 bits per heavy atom. The summed E-state index contributed by atoms with van der Waals surface area (Å²) in [5.41, 5.74) is 4.47. The van der Waals surface area contributed by atoms with E-state index in [1.165, 1.54) is 6.08 Å². The molecule has 0 spiro atoms. The number of para-hydroxylation sites is 2. The van der Waals surface area contributed by atoms with Gasteiger partial charge in [0.05, 0.1) is 0 Å². The summed E-state index contributed by atoms with van der Waals surface area (Å²) in [5.74, 6) is 1.79. The van der Waals surface area contributed by atoms with Crippen LogP contribution in [0.15, 0.2) is 106 Å². The summed E-state index contributed by atoms with van der Waals surface area (Å²) < 4.78 is 11.6. The van der Waals surface area contributed by atoms with E-state index in [0.717, 1.165) is 33.6 Å². The van der Waals surface area contributed by atoms with E-state index in [2.05, 4.69) is 10.3 Å². The lowest BCUT2D eigenvalue weighted by Gasteiger charge is -2.03. The Balaban J connectivity index is 1.18. The van der Waals surface area contributed by atoms with Crippen LogP contribution in [0.1, 0.15) is 11.3 Å². The van der Waals surface area contributed by atoms with Crippen LogP contribution in [0.25, 0.3) is 40.0 Å². The zero-order chi connectivity index (χ0) is 21.8. The third kappa shape index (κ3) is 4.37. The minimum atomic E-state index is -0.189. The molecule has 0 saturated carbocycles. The van der Waals surface area contributed by atoms with Crippen molar-refractivity contribution in [1.29, 1.82) is 0 Å². The molecule has 32 heavy (non-hydrogen) atoms. The highest BCUT2D eigenvalue weighted by Gasteiger charge is 2.08. The summed E-state index contributed by atoms with van der Waals surface area (Å²) in [4.78, 5) is 16.7. The monoisotopic (exact) mass is 420 g/mol. The van der Waals surface area contributed by atoms with Crippen LogP contribution < -0.4 is 5.32 Å². The summed E-state index contributed by atoms with van der Waals surface area (Å²) >= 11 is 0. The fraction of sp³-hybridized carbons (Fsp3) is 0.0370. The fourth-order valence-corrected chi connectivity index (χ4v) is 3.37. The zero-order valence-corrected chi connectivity index (χ0v) is 17.2. The van der Waals surface area contributed by atoms with Gasteiger partial charge in [-0.05, 0) is 48.0 Å². The maximum atomic E-state index is 12.2. The molecule has 0 saturated heterocycles. The number of benzene rings is 3. The van der Waals surface area contributed by atoms with Gasteiger partial charge in [0, 0.05) is 23.7 Å². The van der Waals surface area contributed by atoms with Crippen molar-refractivity contribution in [1.82, 2.24) is 10.3 Å². The minimum absolute atomic E-state index is 0.189. The van der Waals surface area contributed by atoms with Gasteiger partial charge in [0.2, 0.25) is 11.8 Å². The standard InChI is InChI=1S/C27H20N2O3/c30-26(17-15-22-14-16-24(31-22)20-6-2-1-3-7-20)28-18-19-10-12-21(13-11-19)27-29-23-8-4-5-9-25(23)32-27/h1-17H,18H2,(H,28,30)/b17-15+. The van der Waals surface area contributed by atoms with Gasteiger partial charge in [0.25, 0.3) is 0 Å². The molecule has 2 aromatic heterocycles. The molecule has 5 heteroatoms. The number of rotatable bonds is 6. The van der Waals surface area contributed by atoms with Crippen molar-refractivity contribution in [3.05, 3.63) is 108 Å². The Kier molecular flexibility index (Phi) is 5.37. The van der Waals surface area contributed by atoms with Crippen LogP contribution in [0.5, 0.6) is 0 Å². The molecular weight excluding hydrogens is 400 g/mol. The smallest absolute Gasteiger partial charge is 0.244 e. The molecule has 0 aliphatic heterocycles. The highest BCUT2D eigenvalue weighted by atomic mass is 16.3. The SMILES string of the molecule is O=C(/C=C/c1ccc(-c2ccccc2)o1)NCc1ccc(-c2nc3ccccc3o2)cc1. The molecule has 5 rings (SSSR count). The van der Waals surface area contributed by atoms with Crippen molar-refractivity contribution in [2.75, 3.05) is 0 Å². The van der Waals surface area contributed by atoms with Crippen molar-refractivity contribution in [3.63, 3.8) is 0 Å². The highest BCUT2D eigenvalue weighted by Crippen LogP contribution is 2.24. The first-order valence-corrected chi connectivity index (χ1v) is 10.3. The van der Waals surface area contributed by atoms with E-state index in [9.17, 15) is 4.79 Å². The number of furan rings is 1. The van der Waals surface area contributed by atoms with Gasteiger partial charge < -0.3 is 14.2 Å². The van der Waals surface area contributed by atoms with Crippen LogP contribution in [0, 0.1) is 0 Å². The molecule has 0 aliphatic rings. The van der Waals surface area contributed by atoms with E-state index in [0.29, 0.717) is 18.2 Å². The first kappa shape index (κ1) is 19.6. The maximum Gasteiger partial charge on any atom is 0.244 e. The molecule has 2 heterocycles. The average Bonchev–Trinajstić information content (AvgIpc) is 3.50. The topological polar surface area (TPSA) is 68.3 Å². The molecule has 5 nitrogen and oxygen atoms in total. The summed E-state index contributed by atoms with van der Waals surface area (Å²) in [6, 6.07) is 29.0. The maximum absolute atomic E-state index is 12.2. The number of aromatic nitrogens is 1. The molecule has 0 aliphatic carbocycles. The number of carbonyl (C=O) groups is 1. The quantitative estimate of drug-likeness (QED) is 0.338. The Bertz CT molecular complexity index is 1350. The Labute approximate surface area is 185 Å². The number of amides is 1. The van der Waals surface area contributed by atoms with Gasteiger partial charge in [0.15, 0.2) is 5.58 Å². The number of carbonyl (C=O) groups excluding carboxylic acids is 1. The van der Waals surface area contributed by atoms with Gasteiger partial charge in [-0.1, -0.05) is 54.6 Å². The molecule has 5 aromatic rings. The van der Waals surface area contributed by atoms with Gasteiger partial charge in [-0.25, -0.2) is 4.98 Å². The number of oxazole rings is 1.